The van der Waals surface area contributed by atoms with Crippen molar-refractivity contribution in [3.8, 4) is 16.8 Å². The number of nitrogen functional groups attached to an aromatic ring is 2. The van der Waals surface area contributed by atoms with Crippen molar-refractivity contribution in [2.24, 2.45) is 0 Å². The highest BCUT2D eigenvalue weighted by Gasteiger charge is 2.21. The second kappa shape index (κ2) is 8.08. The lowest BCUT2D eigenvalue weighted by atomic mass is 10.1. The van der Waals surface area contributed by atoms with Crippen LogP contribution in [0.25, 0.3) is 22.5 Å². The van der Waals surface area contributed by atoms with Gasteiger partial charge in [0.1, 0.15) is 35.3 Å². The number of hydrogen-bond acceptors (Lipinski definition) is 8. The lowest BCUT2D eigenvalue weighted by molar-refractivity contribution is 0.695. The molecule has 0 amide bonds. The Morgan fingerprint density at radius 1 is 0.970 bits per heavy atom. The maximum absolute atomic E-state index is 13.3. The number of aromatic nitrogens is 6. The van der Waals surface area contributed by atoms with Crippen molar-refractivity contribution in [1.82, 2.24) is 28.9 Å². The minimum atomic E-state index is -0.410. The van der Waals surface area contributed by atoms with E-state index in [1.54, 1.807) is 41.2 Å². The molecule has 0 saturated carbocycles. The summed E-state index contributed by atoms with van der Waals surface area (Å²) in [5.74, 6) is 1.71. The first-order valence-electron chi connectivity index (χ1n) is 10.3. The summed E-state index contributed by atoms with van der Waals surface area (Å²) in [5.41, 5.74) is 14.3. The van der Waals surface area contributed by atoms with E-state index in [4.69, 9.17) is 16.5 Å². The first kappa shape index (κ1) is 20.2. The van der Waals surface area contributed by atoms with Gasteiger partial charge in [-0.2, -0.15) is 0 Å². The van der Waals surface area contributed by atoms with E-state index in [0.717, 1.165) is 0 Å². The van der Waals surface area contributed by atoms with E-state index in [-0.39, 0.29) is 5.69 Å². The van der Waals surface area contributed by atoms with Gasteiger partial charge in [0.15, 0.2) is 0 Å². The number of nitrogens with two attached hydrogens (primary N) is 2. The fourth-order valence-corrected chi connectivity index (χ4v) is 3.72. The van der Waals surface area contributed by atoms with Crippen LogP contribution in [0.15, 0.2) is 78.1 Å². The first-order valence-corrected chi connectivity index (χ1v) is 10.3. The van der Waals surface area contributed by atoms with Gasteiger partial charge in [0, 0.05) is 18.0 Å². The molecule has 0 spiro atoms. The number of hydrogen-bond donors (Lipinski definition) is 3. The van der Waals surface area contributed by atoms with Crippen molar-refractivity contribution in [2.45, 2.75) is 13.0 Å². The fraction of sp³-hybridized carbons (Fsp3) is 0.0870. The maximum atomic E-state index is 13.3. The second-order valence-corrected chi connectivity index (χ2v) is 7.48. The standard InChI is InChI=1S/C23H21N9O/c1-14(29-21-19(20(25)27-13-28-21)15-9-10-17(24)26-12-15)22-30-18-8-5-11-31(18)23(33)32(22)16-6-3-2-4-7-16/h2-14H,1H3,(H2,24,26)(H3,25,27,28,29). The van der Waals surface area contributed by atoms with Gasteiger partial charge in [-0.3, -0.25) is 4.40 Å². The van der Waals surface area contributed by atoms with Crippen LogP contribution in [-0.2, 0) is 0 Å². The normalized spacial score (nSPS) is 12.0. The topological polar surface area (TPSA) is 142 Å². The number of benzene rings is 1. The number of fused-ring (bicyclic) bond motifs is 1. The Labute approximate surface area is 188 Å². The molecule has 164 valence electrons. The smallest absolute Gasteiger partial charge is 0.339 e. The number of nitrogens with zero attached hydrogens (tertiary/aromatic N) is 6. The summed E-state index contributed by atoms with van der Waals surface area (Å²) in [6.07, 6.45) is 4.70. The Bertz CT molecular complexity index is 1490. The van der Waals surface area contributed by atoms with E-state index in [2.05, 4.69) is 20.3 Å². The SMILES string of the molecule is CC(Nc1ncnc(N)c1-c1ccc(N)nc1)c1nc2cccn2c(=O)n1-c1ccccc1. The lowest BCUT2D eigenvalue weighted by Gasteiger charge is -2.21. The predicted octanol–water partition coefficient (Wildman–Crippen LogP) is 2.67. The largest absolute Gasteiger partial charge is 0.384 e. The van der Waals surface area contributed by atoms with E-state index in [0.29, 0.717) is 45.7 Å². The third-order valence-electron chi connectivity index (χ3n) is 5.29. The highest BCUT2D eigenvalue weighted by Crippen LogP contribution is 2.32. The molecule has 33 heavy (non-hydrogen) atoms. The lowest BCUT2D eigenvalue weighted by Crippen LogP contribution is -2.31. The van der Waals surface area contributed by atoms with E-state index < -0.39 is 6.04 Å². The van der Waals surface area contributed by atoms with Crippen molar-refractivity contribution in [1.29, 1.82) is 0 Å². The van der Waals surface area contributed by atoms with Gasteiger partial charge >= 0.3 is 5.69 Å². The zero-order valence-corrected chi connectivity index (χ0v) is 17.8. The summed E-state index contributed by atoms with van der Waals surface area (Å²) in [7, 11) is 0. The van der Waals surface area contributed by atoms with Crippen LogP contribution >= 0.6 is 0 Å². The summed E-state index contributed by atoms with van der Waals surface area (Å²) in [5, 5.41) is 3.35. The predicted molar refractivity (Wildman–Crippen MR) is 127 cm³/mol. The molecular formula is C23H21N9O. The Morgan fingerprint density at radius 3 is 2.55 bits per heavy atom. The van der Waals surface area contributed by atoms with E-state index in [1.165, 1.54) is 10.7 Å². The van der Waals surface area contributed by atoms with Crippen LogP contribution in [0, 0.1) is 0 Å². The van der Waals surface area contributed by atoms with Crippen molar-refractivity contribution < 1.29 is 0 Å². The van der Waals surface area contributed by atoms with Crippen LogP contribution in [0.2, 0.25) is 0 Å². The molecule has 4 aromatic heterocycles. The summed E-state index contributed by atoms with van der Waals surface area (Å²) >= 11 is 0. The van der Waals surface area contributed by atoms with Crippen molar-refractivity contribution in [3.63, 3.8) is 0 Å². The molecule has 0 bridgehead atoms. The Balaban J connectivity index is 1.63. The minimum absolute atomic E-state index is 0.218. The molecule has 0 aliphatic heterocycles. The molecule has 5 rings (SSSR count). The molecule has 1 atom stereocenters. The molecule has 1 unspecified atom stereocenters. The van der Waals surface area contributed by atoms with E-state index >= 15 is 0 Å². The first-order chi connectivity index (χ1) is 16.0. The van der Waals surface area contributed by atoms with Gasteiger partial charge < -0.3 is 16.8 Å². The summed E-state index contributed by atoms with van der Waals surface area (Å²) in [6, 6.07) is 16.0. The average molecular weight is 439 g/mol. The minimum Gasteiger partial charge on any atom is -0.384 e. The highest BCUT2D eigenvalue weighted by molar-refractivity contribution is 5.83. The molecule has 0 aliphatic rings. The fourth-order valence-electron chi connectivity index (χ4n) is 3.72. The molecule has 0 radical (unpaired) electrons. The van der Waals surface area contributed by atoms with Crippen LogP contribution in [0.1, 0.15) is 18.8 Å². The van der Waals surface area contributed by atoms with Gasteiger partial charge in [0.2, 0.25) is 0 Å². The van der Waals surface area contributed by atoms with Crippen LogP contribution in [0.4, 0.5) is 17.5 Å². The second-order valence-electron chi connectivity index (χ2n) is 7.48. The van der Waals surface area contributed by atoms with Crippen LogP contribution in [0.5, 0.6) is 0 Å². The van der Waals surface area contributed by atoms with Gasteiger partial charge in [0.05, 0.1) is 17.3 Å². The number of anilines is 3. The summed E-state index contributed by atoms with van der Waals surface area (Å²) in [6.45, 7) is 1.91. The van der Waals surface area contributed by atoms with E-state index in [1.807, 2.05) is 37.3 Å². The molecule has 0 saturated heterocycles. The van der Waals surface area contributed by atoms with Gasteiger partial charge in [-0.05, 0) is 43.3 Å². The Morgan fingerprint density at radius 2 is 1.79 bits per heavy atom. The molecule has 4 heterocycles. The molecular weight excluding hydrogens is 418 g/mol. The zero-order chi connectivity index (χ0) is 22.9. The number of nitrogens with one attached hydrogen (secondary N) is 1. The molecule has 1 aromatic carbocycles. The Hall–Kier alpha value is -4.73. The molecule has 0 fully saturated rings. The number of para-hydroxylation sites is 1. The number of rotatable bonds is 5. The van der Waals surface area contributed by atoms with E-state index in [9.17, 15) is 4.79 Å². The van der Waals surface area contributed by atoms with Gasteiger partial charge in [-0.15, -0.1) is 0 Å². The van der Waals surface area contributed by atoms with Crippen LogP contribution in [0.3, 0.4) is 0 Å². The van der Waals surface area contributed by atoms with Gasteiger partial charge in [-0.25, -0.2) is 29.3 Å². The quantitative estimate of drug-likeness (QED) is 0.379. The maximum Gasteiger partial charge on any atom is 0.339 e. The zero-order valence-electron chi connectivity index (χ0n) is 17.8. The monoisotopic (exact) mass is 439 g/mol. The molecule has 0 aliphatic carbocycles. The Kier molecular flexibility index (Phi) is 4.94. The van der Waals surface area contributed by atoms with Crippen molar-refractivity contribution >= 4 is 23.1 Å². The van der Waals surface area contributed by atoms with Crippen molar-refractivity contribution in [3.05, 3.63) is 89.6 Å². The summed E-state index contributed by atoms with van der Waals surface area (Å²) < 4.78 is 3.09. The van der Waals surface area contributed by atoms with Crippen molar-refractivity contribution in [2.75, 3.05) is 16.8 Å². The highest BCUT2D eigenvalue weighted by atomic mass is 16.1. The molecule has 10 heteroatoms. The molecule has 5 N–H and O–H groups in total. The van der Waals surface area contributed by atoms with Crippen LogP contribution < -0.4 is 22.5 Å². The van der Waals surface area contributed by atoms with Gasteiger partial charge in [0.25, 0.3) is 0 Å². The molecule has 10 nitrogen and oxygen atoms in total. The van der Waals surface area contributed by atoms with Crippen LogP contribution in [-0.4, -0.2) is 28.9 Å². The molecule has 5 aromatic rings. The average Bonchev–Trinajstić information content (AvgIpc) is 3.30. The third-order valence-corrected chi connectivity index (χ3v) is 5.29. The summed E-state index contributed by atoms with van der Waals surface area (Å²) in [4.78, 5) is 30.8. The number of pyridine rings is 1. The third kappa shape index (κ3) is 3.63. The van der Waals surface area contributed by atoms with Gasteiger partial charge in [-0.1, -0.05) is 18.2 Å².